The first-order valence-corrected chi connectivity index (χ1v) is 14.8. The normalized spacial score (nSPS) is 14.1. The summed E-state index contributed by atoms with van der Waals surface area (Å²) in [7, 11) is 1.59. The van der Waals surface area contributed by atoms with Gasteiger partial charge in [0.05, 0.1) is 37.4 Å². The van der Waals surface area contributed by atoms with Crippen molar-refractivity contribution in [2.24, 2.45) is 0 Å². The Morgan fingerprint density at radius 1 is 0.955 bits per heavy atom. The molecule has 5 aromatic rings. The Morgan fingerprint density at radius 2 is 1.73 bits per heavy atom. The molecule has 0 saturated carbocycles. The zero-order chi connectivity index (χ0) is 30.7. The predicted octanol–water partition coefficient (Wildman–Crippen LogP) is 5.66. The molecule has 1 fully saturated rings. The number of morpholine rings is 1. The molecule has 11 heteroatoms. The lowest BCUT2D eigenvalue weighted by Gasteiger charge is -2.26. The smallest absolute Gasteiger partial charge is 0.323 e. The maximum Gasteiger partial charge on any atom is 0.323 e. The van der Waals surface area contributed by atoms with E-state index in [1.54, 1.807) is 19.8 Å². The third-order valence-electron chi connectivity index (χ3n) is 7.88. The van der Waals surface area contributed by atoms with E-state index in [9.17, 15) is 4.79 Å². The number of methoxy groups -OCH3 is 1. The number of carbonyl (C=O) groups is 1. The minimum atomic E-state index is -0.360. The van der Waals surface area contributed by atoms with Crippen molar-refractivity contribution in [3.05, 3.63) is 72.8 Å². The number of ether oxygens (including phenoxy) is 2. The van der Waals surface area contributed by atoms with Gasteiger partial charge in [-0.2, -0.15) is 0 Å². The summed E-state index contributed by atoms with van der Waals surface area (Å²) in [6.07, 6.45) is 3.32. The van der Waals surface area contributed by atoms with Crippen LogP contribution < -0.4 is 20.7 Å². The molecule has 6 rings (SSSR count). The standard InChI is InChI=1S/C33H38N8O3/c1-33(2,3)22-9-12-28(43-4)26(19-22)39-32(42)38-25-10-11-27(24-8-6-5-7-23(24)25)41-21-37-29-30(35-20-36-31(29)41)34-13-14-40-15-17-44-18-16-40/h5-12,19-21H,13-18H2,1-4H3,(H,34,35,36)(H2,38,39,42). The fraction of sp³-hybridized carbons (Fsp3) is 0.333. The third-order valence-corrected chi connectivity index (χ3v) is 7.88. The van der Waals surface area contributed by atoms with E-state index in [4.69, 9.17) is 9.47 Å². The number of imidazole rings is 1. The average Bonchev–Trinajstić information content (AvgIpc) is 3.46. The van der Waals surface area contributed by atoms with E-state index in [2.05, 4.69) is 56.6 Å². The van der Waals surface area contributed by atoms with E-state index in [1.165, 1.54) is 0 Å². The highest BCUT2D eigenvalue weighted by molar-refractivity contribution is 6.08. The van der Waals surface area contributed by atoms with Crippen LogP contribution in [-0.4, -0.2) is 77.0 Å². The number of carbonyl (C=O) groups excluding carboxylic acids is 1. The summed E-state index contributed by atoms with van der Waals surface area (Å²) in [5.41, 5.74) is 4.60. The van der Waals surface area contributed by atoms with Crippen molar-refractivity contribution >= 4 is 45.2 Å². The first kappa shape index (κ1) is 29.3. The highest BCUT2D eigenvalue weighted by Gasteiger charge is 2.19. The number of hydrogen-bond acceptors (Lipinski definition) is 8. The zero-order valence-corrected chi connectivity index (χ0v) is 25.6. The molecule has 1 aliphatic heterocycles. The lowest BCUT2D eigenvalue weighted by molar-refractivity contribution is 0.0398. The molecule has 44 heavy (non-hydrogen) atoms. The van der Waals surface area contributed by atoms with Gasteiger partial charge in [-0.3, -0.25) is 9.47 Å². The molecule has 2 amide bonds. The molecule has 0 atom stereocenters. The summed E-state index contributed by atoms with van der Waals surface area (Å²) < 4.78 is 12.9. The van der Waals surface area contributed by atoms with E-state index in [1.807, 2.05) is 59.2 Å². The lowest BCUT2D eigenvalue weighted by Crippen LogP contribution is -2.39. The van der Waals surface area contributed by atoms with Gasteiger partial charge in [0.1, 0.15) is 18.4 Å². The van der Waals surface area contributed by atoms with Crippen LogP contribution in [0.5, 0.6) is 5.75 Å². The number of hydrogen-bond donors (Lipinski definition) is 3. The number of anilines is 3. The Hall–Kier alpha value is -4.74. The van der Waals surface area contributed by atoms with Gasteiger partial charge in [0.2, 0.25) is 0 Å². The van der Waals surface area contributed by atoms with Crippen LogP contribution in [0.3, 0.4) is 0 Å². The minimum absolute atomic E-state index is 0.0760. The number of rotatable bonds is 8. The Labute approximate surface area is 256 Å². The van der Waals surface area contributed by atoms with Crippen LogP contribution in [0, 0.1) is 0 Å². The number of fused-ring (bicyclic) bond motifs is 2. The van der Waals surface area contributed by atoms with Crippen molar-refractivity contribution in [3.63, 3.8) is 0 Å². The maximum absolute atomic E-state index is 13.2. The molecule has 3 N–H and O–H groups in total. The van der Waals surface area contributed by atoms with Gasteiger partial charge in [-0.15, -0.1) is 0 Å². The second-order valence-electron chi connectivity index (χ2n) is 11.8. The molecule has 2 aromatic heterocycles. The van der Waals surface area contributed by atoms with Gasteiger partial charge in [-0.05, 0) is 35.2 Å². The van der Waals surface area contributed by atoms with E-state index in [-0.39, 0.29) is 11.4 Å². The third kappa shape index (κ3) is 6.15. The van der Waals surface area contributed by atoms with E-state index in [0.29, 0.717) is 34.1 Å². The Morgan fingerprint density at radius 3 is 2.50 bits per heavy atom. The van der Waals surface area contributed by atoms with Crippen molar-refractivity contribution in [2.75, 3.05) is 62.5 Å². The Bertz CT molecular complexity index is 1790. The molecule has 0 bridgehead atoms. The summed E-state index contributed by atoms with van der Waals surface area (Å²) in [5.74, 6) is 1.30. The molecule has 1 aliphatic rings. The summed E-state index contributed by atoms with van der Waals surface area (Å²) in [5, 5.41) is 11.3. The molecule has 11 nitrogen and oxygen atoms in total. The highest BCUT2D eigenvalue weighted by Crippen LogP contribution is 2.33. The second-order valence-corrected chi connectivity index (χ2v) is 11.8. The maximum atomic E-state index is 13.2. The predicted molar refractivity (Wildman–Crippen MR) is 174 cm³/mol. The Balaban J connectivity index is 1.25. The molecule has 0 unspecified atom stereocenters. The molecule has 0 radical (unpaired) electrons. The van der Waals surface area contributed by atoms with Crippen LogP contribution in [0.25, 0.3) is 27.6 Å². The fourth-order valence-electron chi connectivity index (χ4n) is 5.45. The van der Waals surface area contributed by atoms with Crippen LogP contribution in [0.1, 0.15) is 26.3 Å². The number of nitrogens with zero attached hydrogens (tertiary/aromatic N) is 5. The largest absolute Gasteiger partial charge is 0.495 e. The summed E-state index contributed by atoms with van der Waals surface area (Å²) in [4.78, 5) is 29.3. The van der Waals surface area contributed by atoms with Gasteiger partial charge in [-0.1, -0.05) is 51.1 Å². The van der Waals surface area contributed by atoms with E-state index in [0.717, 1.165) is 61.4 Å². The van der Waals surface area contributed by atoms with Crippen LogP contribution in [0.15, 0.2) is 67.3 Å². The van der Waals surface area contributed by atoms with Crippen molar-refractivity contribution in [3.8, 4) is 11.4 Å². The van der Waals surface area contributed by atoms with Crippen LogP contribution in [0.4, 0.5) is 22.0 Å². The van der Waals surface area contributed by atoms with Gasteiger partial charge < -0.3 is 25.4 Å². The number of nitrogens with one attached hydrogen (secondary N) is 3. The molecule has 3 aromatic carbocycles. The summed E-state index contributed by atoms with van der Waals surface area (Å²) >= 11 is 0. The van der Waals surface area contributed by atoms with Gasteiger partial charge in [-0.25, -0.2) is 19.7 Å². The van der Waals surface area contributed by atoms with Gasteiger partial charge >= 0.3 is 6.03 Å². The number of urea groups is 1. The van der Waals surface area contributed by atoms with Gasteiger partial charge in [0.15, 0.2) is 17.0 Å². The second kappa shape index (κ2) is 12.5. The lowest BCUT2D eigenvalue weighted by atomic mass is 9.87. The van der Waals surface area contributed by atoms with E-state index >= 15 is 0 Å². The number of benzene rings is 3. The molecule has 1 saturated heterocycles. The van der Waals surface area contributed by atoms with Crippen molar-refractivity contribution in [1.29, 1.82) is 0 Å². The van der Waals surface area contributed by atoms with Crippen molar-refractivity contribution < 1.29 is 14.3 Å². The van der Waals surface area contributed by atoms with Gasteiger partial charge in [0.25, 0.3) is 0 Å². The monoisotopic (exact) mass is 594 g/mol. The molecule has 0 aliphatic carbocycles. The van der Waals surface area contributed by atoms with E-state index < -0.39 is 0 Å². The first-order valence-electron chi connectivity index (χ1n) is 14.8. The van der Waals surface area contributed by atoms with Crippen LogP contribution in [-0.2, 0) is 10.2 Å². The van der Waals surface area contributed by atoms with Gasteiger partial charge in [0, 0.05) is 37.0 Å². The topological polar surface area (TPSA) is 118 Å². The molecule has 0 spiro atoms. The molecular weight excluding hydrogens is 556 g/mol. The summed E-state index contributed by atoms with van der Waals surface area (Å²) in [6.45, 7) is 11.5. The fourth-order valence-corrected chi connectivity index (χ4v) is 5.45. The van der Waals surface area contributed by atoms with Crippen molar-refractivity contribution in [2.45, 2.75) is 26.2 Å². The molecular formula is C33H38N8O3. The SMILES string of the molecule is COc1ccc(C(C)(C)C)cc1NC(=O)Nc1ccc(-n2cnc3c(NCCN4CCOCC4)ncnc32)c2ccccc12. The highest BCUT2D eigenvalue weighted by atomic mass is 16.5. The minimum Gasteiger partial charge on any atom is -0.495 e. The quantitative estimate of drug-likeness (QED) is 0.211. The van der Waals surface area contributed by atoms with Crippen LogP contribution in [0.2, 0.25) is 0 Å². The Kier molecular flexibility index (Phi) is 8.32. The van der Waals surface area contributed by atoms with Crippen molar-refractivity contribution in [1.82, 2.24) is 24.4 Å². The molecule has 3 heterocycles. The molecule has 228 valence electrons. The number of amides is 2. The van der Waals surface area contributed by atoms with Crippen LogP contribution >= 0.6 is 0 Å². The first-order chi connectivity index (χ1) is 21.3. The zero-order valence-electron chi connectivity index (χ0n) is 25.6. The number of aromatic nitrogens is 4. The average molecular weight is 595 g/mol. The summed E-state index contributed by atoms with van der Waals surface area (Å²) in [6, 6.07) is 17.3.